The Morgan fingerprint density at radius 1 is 0.775 bits per heavy atom. The smallest absolute Gasteiger partial charge is 0.264 e. The van der Waals surface area contributed by atoms with Crippen LogP contribution in [0.1, 0.15) is 11.1 Å². The summed E-state index contributed by atoms with van der Waals surface area (Å²) in [6.45, 7) is 3.10. The van der Waals surface area contributed by atoms with Crippen molar-refractivity contribution in [2.75, 3.05) is 20.9 Å². The van der Waals surface area contributed by atoms with E-state index in [1.807, 2.05) is 13.0 Å². The molecular weight excluding hydrogens is 593 g/mol. The first-order valence-electron chi connectivity index (χ1n) is 11.9. The average Bonchev–Trinajstić information content (AvgIpc) is 2.90. The maximum atomic E-state index is 13.5. The molecule has 12 heteroatoms. The van der Waals surface area contributed by atoms with E-state index < -0.39 is 32.5 Å². The van der Waals surface area contributed by atoms with Gasteiger partial charge in [-0.3, -0.25) is 13.8 Å². The van der Waals surface area contributed by atoms with Crippen molar-refractivity contribution in [1.82, 2.24) is 0 Å². The average molecular weight is 619 g/mol. The number of anilines is 3. The van der Waals surface area contributed by atoms with Crippen molar-refractivity contribution in [3.8, 4) is 0 Å². The zero-order chi connectivity index (χ0) is 29.1. The standard InChI is InChI=1S/C28H25Cl2N3O5S2/c1-19-4-3-5-24(16-19)33(40(37,38)26-12-7-21(29)8-13-26)18-28(34)31-22-10-14-25(15-11-22)39(35,36)32-23-9-6-20(2)27(30)17-23/h3-17,32H,18H2,1-2H3,(H,31,34). The molecule has 0 aliphatic carbocycles. The molecule has 0 spiro atoms. The van der Waals surface area contributed by atoms with Gasteiger partial charge in [-0.1, -0.05) is 41.4 Å². The van der Waals surface area contributed by atoms with E-state index in [9.17, 15) is 21.6 Å². The number of halogens is 2. The Labute approximate surface area is 243 Å². The van der Waals surface area contributed by atoms with Gasteiger partial charge in [0.15, 0.2) is 0 Å². The lowest BCUT2D eigenvalue weighted by atomic mass is 10.2. The van der Waals surface area contributed by atoms with Gasteiger partial charge in [0.05, 0.1) is 21.2 Å². The Kier molecular flexibility index (Phi) is 8.74. The van der Waals surface area contributed by atoms with Crippen molar-refractivity contribution < 1.29 is 21.6 Å². The van der Waals surface area contributed by atoms with Gasteiger partial charge in [-0.15, -0.1) is 0 Å². The molecule has 8 nitrogen and oxygen atoms in total. The fourth-order valence-electron chi connectivity index (χ4n) is 3.75. The number of amides is 1. The minimum Gasteiger partial charge on any atom is -0.325 e. The first-order valence-corrected chi connectivity index (χ1v) is 15.6. The van der Waals surface area contributed by atoms with E-state index in [-0.39, 0.29) is 15.5 Å². The predicted molar refractivity (Wildman–Crippen MR) is 159 cm³/mol. The van der Waals surface area contributed by atoms with E-state index >= 15 is 0 Å². The molecule has 0 radical (unpaired) electrons. The highest BCUT2D eigenvalue weighted by atomic mass is 35.5. The van der Waals surface area contributed by atoms with Crippen molar-refractivity contribution in [3.63, 3.8) is 0 Å². The van der Waals surface area contributed by atoms with Gasteiger partial charge in [0, 0.05) is 15.7 Å². The SMILES string of the molecule is Cc1cccc(N(CC(=O)Nc2ccc(S(=O)(=O)Nc3ccc(C)c(Cl)c3)cc2)S(=O)(=O)c2ccc(Cl)cc2)c1. The highest BCUT2D eigenvalue weighted by molar-refractivity contribution is 7.93. The Bertz CT molecular complexity index is 1760. The van der Waals surface area contributed by atoms with Crippen LogP contribution in [0.15, 0.2) is 101 Å². The maximum Gasteiger partial charge on any atom is 0.264 e. The van der Waals surface area contributed by atoms with E-state index in [1.54, 1.807) is 37.3 Å². The molecule has 4 rings (SSSR count). The van der Waals surface area contributed by atoms with Crippen LogP contribution in [0.4, 0.5) is 17.1 Å². The molecule has 0 fully saturated rings. The molecule has 0 heterocycles. The summed E-state index contributed by atoms with van der Waals surface area (Å²) in [6, 6.07) is 22.7. The van der Waals surface area contributed by atoms with E-state index in [1.165, 1.54) is 54.6 Å². The number of carbonyl (C=O) groups excluding carboxylic acids is 1. The Hall–Kier alpha value is -3.57. The van der Waals surface area contributed by atoms with Crippen LogP contribution in [0.25, 0.3) is 0 Å². The fraction of sp³-hybridized carbons (Fsp3) is 0.107. The second-order valence-electron chi connectivity index (χ2n) is 8.95. The molecule has 4 aromatic rings. The summed E-state index contributed by atoms with van der Waals surface area (Å²) < 4.78 is 56.1. The Balaban J connectivity index is 1.53. The Morgan fingerprint density at radius 2 is 1.40 bits per heavy atom. The lowest BCUT2D eigenvalue weighted by Crippen LogP contribution is -2.38. The number of hydrogen-bond acceptors (Lipinski definition) is 5. The first-order chi connectivity index (χ1) is 18.8. The lowest BCUT2D eigenvalue weighted by Gasteiger charge is -2.24. The number of rotatable bonds is 9. The van der Waals surface area contributed by atoms with Crippen LogP contribution in [-0.4, -0.2) is 29.3 Å². The minimum absolute atomic E-state index is 0.0249. The zero-order valence-corrected chi connectivity index (χ0v) is 24.6. The van der Waals surface area contributed by atoms with E-state index in [2.05, 4.69) is 10.0 Å². The van der Waals surface area contributed by atoms with Crippen molar-refractivity contribution in [2.24, 2.45) is 0 Å². The summed E-state index contributed by atoms with van der Waals surface area (Å²) in [5.74, 6) is -0.623. The quantitative estimate of drug-likeness (QED) is 0.231. The summed E-state index contributed by atoms with van der Waals surface area (Å²) in [6.07, 6.45) is 0. The highest BCUT2D eigenvalue weighted by Gasteiger charge is 2.27. The topological polar surface area (TPSA) is 113 Å². The van der Waals surface area contributed by atoms with Crippen molar-refractivity contribution in [2.45, 2.75) is 23.6 Å². The van der Waals surface area contributed by atoms with Crippen LogP contribution in [0.2, 0.25) is 10.0 Å². The van der Waals surface area contributed by atoms with Gasteiger partial charge < -0.3 is 5.32 Å². The number of hydrogen-bond donors (Lipinski definition) is 2. The third-order valence-corrected chi connectivity index (χ3v) is 9.70. The number of sulfonamides is 2. The molecule has 2 N–H and O–H groups in total. The van der Waals surface area contributed by atoms with Gasteiger partial charge in [0.25, 0.3) is 20.0 Å². The molecule has 0 saturated carbocycles. The molecule has 0 aliphatic rings. The van der Waals surface area contributed by atoms with E-state index in [4.69, 9.17) is 23.2 Å². The molecule has 0 atom stereocenters. The molecule has 40 heavy (non-hydrogen) atoms. The van der Waals surface area contributed by atoms with Crippen LogP contribution in [0, 0.1) is 13.8 Å². The van der Waals surface area contributed by atoms with Crippen LogP contribution >= 0.6 is 23.2 Å². The minimum atomic E-state index is -4.12. The number of nitrogens with zero attached hydrogens (tertiary/aromatic N) is 1. The van der Waals surface area contributed by atoms with Crippen LogP contribution < -0.4 is 14.3 Å². The van der Waals surface area contributed by atoms with Crippen LogP contribution in [-0.2, 0) is 24.8 Å². The van der Waals surface area contributed by atoms with Crippen molar-refractivity contribution in [1.29, 1.82) is 0 Å². The number of nitrogens with one attached hydrogen (secondary N) is 2. The molecule has 0 unspecified atom stereocenters. The largest absolute Gasteiger partial charge is 0.325 e. The molecule has 0 aliphatic heterocycles. The number of aryl methyl sites for hydroxylation is 2. The van der Waals surface area contributed by atoms with Gasteiger partial charge in [0.1, 0.15) is 6.54 Å². The van der Waals surface area contributed by atoms with Gasteiger partial charge >= 0.3 is 0 Å². The fourth-order valence-corrected chi connectivity index (χ4v) is 6.52. The number of benzene rings is 4. The molecule has 0 aromatic heterocycles. The molecule has 208 valence electrons. The van der Waals surface area contributed by atoms with Gasteiger partial charge in [-0.25, -0.2) is 16.8 Å². The normalized spacial score (nSPS) is 11.6. The third kappa shape index (κ3) is 6.95. The van der Waals surface area contributed by atoms with Gasteiger partial charge in [-0.05, 0) is 97.8 Å². The first kappa shape index (κ1) is 29.4. The molecule has 0 bridgehead atoms. The van der Waals surface area contributed by atoms with Crippen LogP contribution in [0.5, 0.6) is 0 Å². The molecule has 4 aromatic carbocycles. The maximum absolute atomic E-state index is 13.5. The highest BCUT2D eigenvalue weighted by Crippen LogP contribution is 2.26. The lowest BCUT2D eigenvalue weighted by molar-refractivity contribution is -0.114. The monoisotopic (exact) mass is 617 g/mol. The second kappa shape index (κ2) is 11.9. The molecule has 1 amide bonds. The van der Waals surface area contributed by atoms with Crippen molar-refractivity contribution in [3.05, 3.63) is 112 Å². The predicted octanol–water partition coefficient (Wildman–Crippen LogP) is 6.25. The molecular formula is C28H25Cl2N3O5S2. The summed E-state index contributed by atoms with van der Waals surface area (Å²) in [5, 5.41) is 3.44. The van der Waals surface area contributed by atoms with E-state index in [0.29, 0.717) is 21.4 Å². The summed E-state index contributed by atoms with van der Waals surface area (Å²) >= 11 is 12.0. The summed E-state index contributed by atoms with van der Waals surface area (Å²) in [4.78, 5) is 13.0. The summed E-state index contributed by atoms with van der Waals surface area (Å²) in [5.41, 5.74) is 2.54. The van der Waals surface area contributed by atoms with Gasteiger partial charge in [0.2, 0.25) is 5.91 Å². The third-order valence-electron chi connectivity index (χ3n) is 5.85. The van der Waals surface area contributed by atoms with Crippen LogP contribution in [0.3, 0.4) is 0 Å². The second-order valence-corrected chi connectivity index (χ2v) is 13.3. The number of carbonyl (C=O) groups is 1. The molecule has 0 saturated heterocycles. The Morgan fingerprint density at radius 3 is 2.02 bits per heavy atom. The van der Waals surface area contributed by atoms with Gasteiger partial charge in [-0.2, -0.15) is 0 Å². The zero-order valence-electron chi connectivity index (χ0n) is 21.4. The summed E-state index contributed by atoms with van der Waals surface area (Å²) in [7, 11) is -8.04. The van der Waals surface area contributed by atoms with E-state index in [0.717, 1.165) is 15.4 Å². The van der Waals surface area contributed by atoms with Crippen molar-refractivity contribution >= 4 is 66.2 Å².